The van der Waals surface area contributed by atoms with Crippen molar-refractivity contribution in [2.75, 3.05) is 23.3 Å². The molecule has 1 aliphatic rings. The van der Waals surface area contributed by atoms with Gasteiger partial charge in [0.15, 0.2) is 5.82 Å². The average Bonchev–Trinajstić information content (AvgIpc) is 2.76. The van der Waals surface area contributed by atoms with Crippen molar-refractivity contribution in [3.63, 3.8) is 0 Å². The number of aryl methyl sites for hydroxylation is 1. The van der Waals surface area contributed by atoms with Gasteiger partial charge in [-0.2, -0.15) is 0 Å². The van der Waals surface area contributed by atoms with Crippen molar-refractivity contribution in [1.82, 2.24) is 10.2 Å². The minimum Gasteiger partial charge on any atom is -0.355 e. The van der Waals surface area contributed by atoms with Crippen molar-refractivity contribution in [2.24, 2.45) is 5.92 Å². The maximum atomic E-state index is 13.1. The Balaban J connectivity index is 1.34. The maximum Gasteiger partial charge on any atom is 0.227 e. The molecule has 0 unspecified atom stereocenters. The van der Waals surface area contributed by atoms with E-state index in [1.807, 2.05) is 37.3 Å². The maximum absolute atomic E-state index is 13.1. The molecule has 4 rings (SSSR count). The summed E-state index contributed by atoms with van der Waals surface area (Å²) in [7, 11) is 0. The monoisotopic (exact) mass is 468 g/mol. The number of amides is 1. The van der Waals surface area contributed by atoms with E-state index in [-0.39, 0.29) is 17.6 Å². The predicted molar refractivity (Wildman–Crippen MR) is 120 cm³/mol. The van der Waals surface area contributed by atoms with E-state index in [9.17, 15) is 9.18 Å². The third kappa shape index (κ3) is 4.67. The quantitative estimate of drug-likeness (QED) is 0.570. The summed E-state index contributed by atoms with van der Waals surface area (Å²) in [5, 5.41) is 11.7. The van der Waals surface area contributed by atoms with Crippen LogP contribution < -0.4 is 10.2 Å². The van der Waals surface area contributed by atoms with E-state index in [0.29, 0.717) is 5.69 Å². The van der Waals surface area contributed by atoms with E-state index in [2.05, 4.69) is 36.3 Å². The van der Waals surface area contributed by atoms with Gasteiger partial charge < -0.3 is 10.2 Å². The second-order valence-corrected chi connectivity index (χ2v) is 8.41. The third-order valence-corrected chi connectivity index (χ3v) is 5.92. The fourth-order valence-corrected chi connectivity index (χ4v) is 4.12. The van der Waals surface area contributed by atoms with Gasteiger partial charge in [-0.15, -0.1) is 10.2 Å². The van der Waals surface area contributed by atoms with Crippen molar-refractivity contribution >= 4 is 33.3 Å². The number of anilines is 2. The number of nitrogens with one attached hydrogen (secondary N) is 1. The lowest BCUT2D eigenvalue weighted by Crippen LogP contribution is -2.38. The van der Waals surface area contributed by atoms with Crippen LogP contribution in [-0.2, 0) is 4.79 Å². The lowest BCUT2D eigenvalue weighted by atomic mass is 9.95. The van der Waals surface area contributed by atoms with Gasteiger partial charge in [-0.1, -0.05) is 15.9 Å². The molecule has 5 nitrogen and oxygen atoms in total. The molecular formula is C23H22BrFN4O. The molecule has 0 bridgehead atoms. The zero-order valence-corrected chi connectivity index (χ0v) is 18.2. The first kappa shape index (κ1) is 20.5. The lowest BCUT2D eigenvalue weighted by Gasteiger charge is -2.32. The molecule has 154 valence electrons. The Hall–Kier alpha value is -2.80. The van der Waals surface area contributed by atoms with Crippen LogP contribution in [0.2, 0.25) is 0 Å². The molecule has 2 aromatic carbocycles. The summed E-state index contributed by atoms with van der Waals surface area (Å²) in [6.45, 7) is 3.49. The average molecular weight is 469 g/mol. The second-order valence-electron chi connectivity index (χ2n) is 7.49. The van der Waals surface area contributed by atoms with E-state index in [0.717, 1.165) is 53.0 Å². The molecule has 0 spiro atoms. The molecule has 0 saturated carbocycles. The molecule has 2 heterocycles. The summed E-state index contributed by atoms with van der Waals surface area (Å²) in [5.74, 6) is 0.572. The number of rotatable bonds is 4. The first-order valence-electron chi connectivity index (χ1n) is 9.91. The van der Waals surface area contributed by atoms with Gasteiger partial charge in [0, 0.05) is 34.7 Å². The number of hydrogen-bond donors (Lipinski definition) is 1. The molecular weight excluding hydrogens is 447 g/mol. The fraction of sp³-hybridized carbons (Fsp3) is 0.261. The zero-order chi connectivity index (χ0) is 21.1. The second kappa shape index (κ2) is 8.92. The van der Waals surface area contributed by atoms with Gasteiger partial charge in [-0.05, 0) is 79.9 Å². The predicted octanol–water partition coefficient (Wildman–Crippen LogP) is 5.21. The molecule has 1 N–H and O–H groups in total. The van der Waals surface area contributed by atoms with Crippen LogP contribution in [0.5, 0.6) is 0 Å². The van der Waals surface area contributed by atoms with Crippen LogP contribution in [0.25, 0.3) is 11.3 Å². The van der Waals surface area contributed by atoms with Crippen molar-refractivity contribution in [1.29, 1.82) is 0 Å². The van der Waals surface area contributed by atoms with Crippen molar-refractivity contribution in [3.05, 3.63) is 70.5 Å². The Morgan fingerprint density at radius 2 is 1.80 bits per heavy atom. The van der Waals surface area contributed by atoms with Crippen molar-refractivity contribution < 1.29 is 9.18 Å². The van der Waals surface area contributed by atoms with E-state index in [1.54, 1.807) is 12.1 Å². The Labute approximate surface area is 183 Å². The molecule has 1 amide bonds. The molecule has 1 fully saturated rings. The van der Waals surface area contributed by atoms with Gasteiger partial charge in [0.2, 0.25) is 5.91 Å². The van der Waals surface area contributed by atoms with Crippen LogP contribution in [0.15, 0.2) is 59.1 Å². The first-order chi connectivity index (χ1) is 14.5. The summed E-state index contributed by atoms with van der Waals surface area (Å²) in [5.41, 5.74) is 3.42. The highest BCUT2D eigenvalue weighted by molar-refractivity contribution is 9.10. The van der Waals surface area contributed by atoms with Crippen LogP contribution in [0.1, 0.15) is 18.4 Å². The number of carbonyl (C=O) groups is 1. The highest BCUT2D eigenvalue weighted by atomic mass is 79.9. The van der Waals surface area contributed by atoms with Gasteiger partial charge in [-0.25, -0.2) is 4.39 Å². The van der Waals surface area contributed by atoms with Crippen molar-refractivity contribution in [3.8, 4) is 11.3 Å². The summed E-state index contributed by atoms with van der Waals surface area (Å²) >= 11 is 3.44. The molecule has 30 heavy (non-hydrogen) atoms. The molecule has 0 atom stereocenters. The fourth-order valence-electron chi connectivity index (χ4n) is 3.64. The summed E-state index contributed by atoms with van der Waals surface area (Å²) in [6.07, 6.45) is 1.53. The molecule has 1 aliphatic heterocycles. The number of aromatic nitrogens is 2. The number of nitrogens with zero attached hydrogens (tertiary/aromatic N) is 3. The Kier molecular flexibility index (Phi) is 6.08. The Morgan fingerprint density at radius 1 is 1.07 bits per heavy atom. The van der Waals surface area contributed by atoms with Crippen molar-refractivity contribution in [2.45, 2.75) is 19.8 Å². The smallest absolute Gasteiger partial charge is 0.227 e. The minimum absolute atomic E-state index is 0.0178. The van der Waals surface area contributed by atoms with E-state index < -0.39 is 0 Å². The van der Waals surface area contributed by atoms with E-state index in [1.165, 1.54) is 12.1 Å². The molecule has 1 saturated heterocycles. The SMILES string of the molecule is Cc1cc(Br)ccc1NC(=O)C1CCN(c2ccc(-c3ccc(F)cc3)nn2)CC1. The molecule has 1 aromatic heterocycles. The van der Waals surface area contributed by atoms with Gasteiger partial charge in [0.25, 0.3) is 0 Å². The van der Waals surface area contributed by atoms with Crippen LogP contribution >= 0.6 is 15.9 Å². The number of halogens is 2. The highest BCUT2D eigenvalue weighted by Crippen LogP contribution is 2.26. The van der Waals surface area contributed by atoms with Gasteiger partial charge in [-0.3, -0.25) is 4.79 Å². The summed E-state index contributed by atoms with van der Waals surface area (Å²) in [4.78, 5) is 14.8. The Bertz CT molecular complexity index is 1030. The van der Waals surface area contributed by atoms with E-state index >= 15 is 0 Å². The number of carbonyl (C=O) groups excluding carboxylic acids is 1. The van der Waals surface area contributed by atoms with Crippen LogP contribution in [-0.4, -0.2) is 29.2 Å². The number of benzene rings is 2. The summed E-state index contributed by atoms with van der Waals surface area (Å²) < 4.78 is 14.1. The molecule has 0 radical (unpaired) electrons. The standard InChI is InChI=1S/C23H22BrFN4O/c1-15-14-18(24)4-7-20(15)26-23(30)17-10-12-29(13-11-17)22-9-8-21(27-28-22)16-2-5-19(25)6-3-16/h2-9,14,17H,10-13H2,1H3,(H,26,30). The normalized spacial score (nSPS) is 14.6. The van der Waals surface area contributed by atoms with Gasteiger partial charge >= 0.3 is 0 Å². The molecule has 0 aliphatic carbocycles. The van der Waals surface area contributed by atoms with Crippen LogP contribution in [0, 0.1) is 18.7 Å². The zero-order valence-electron chi connectivity index (χ0n) is 16.6. The largest absolute Gasteiger partial charge is 0.355 e. The summed E-state index contributed by atoms with van der Waals surface area (Å²) in [6, 6.07) is 15.9. The number of piperidine rings is 1. The number of hydrogen-bond acceptors (Lipinski definition) is 4. The van der Waals surface area contributed by atoms with Crippen LogP contribution in [0.3, 0.4) is 0 Å². The third-order valence-electron chi connectivity index (χ3n) is 5.43. The lowest BCUT2D eigenvalue weighted by molar-refractivity contribution is -0.120. The first-order valence-corrected chi connectivity index (χ1v) is 10.7. The highest BCUT2D eigenvalue weighted by Gasteiger charge is 2.26. The van der Waals surface area contributed by atoms with Crippen LogP contribution in [0.4, 0.5) is 15.9 Å². The minimum atomic E-state index is -0.273. The molecule has 7 heteroatoms. The molecule has 3 aromatic rings. The van der Waals surface area contributed by atoms with Gasteiger partial charge in [0.05, 0.1) is 5.69 Å². The van der Waals surface area contributed by atoms with Gasteiger partial charge in [0.1, 0.15) is 5.82 Å². The Morgan fingerprint density at radius 3 is 2.43 bits per heavy atom. The topological polar surface area (TPSA) is 58.1 Å². The van der Waals surface area contributed by atoms with E-state index in [4.69, 9.17) is 0 Å².